The third kappa shape index (κ3) is 3.70. The van der Waals surface area contributed by atoms with Crippen molar-refractivity contribution in [3.05, 3.63) is 46.9 Å². The Hall–Kier alpha value is -3.27. The lowest BCUT2D eigenvalue weighted by Gasteiger charge is -2.16. The molecule has 0 unspecified atom stereocenters. The van der Waals surface area contributed by atoms with Gasteiger partial charge in [-0.2, -0.15) is 4.68 Å². The molecule has 0 aliphatic rings. The lowest BCUT2D eigenvalue weighted by atomic mass is 10.2. The highest BCUT2D eigenvalue weighted by Gasteiger charge is 2.16. The maximum Gasteiger partial charge on any atom is 0.413 e. The number of carbonyl (C=O) groups excluding carboxylic acids is 2. The van der Waals surface area contributed by atoms with Gasteiger partial charge >= 0.3 is 6.09 Å². The average molecular weight is 372 g/mol. The fraction of sp³-hybridized carbons (Fsp3) is 0.188. The van der Waals surface area contributed by atoms with Crippen LogP contribution in [0.4, 0.5) is 16.2 Å². The number of nitrogens with zero attached hydrogens (tertiary/aromatic N) is 5. The predicted octanol–water partition coefficient (Wildman–Crippen LogP) is 2.57. The van der Waals surface area contributed by atoms with Crippen LogP contribution < -0.4 is 10.2 Å². The van der Waals surface area contributed by atoms with Gasteiger partial charge in [0, 0.05) is 18.4 Å². The van der Waals surface area contributed by atoms with E-state index >= 15 is 0 Å². The third-order valence-electron chi connectivity index (χ3n) is 3.50. The van der Waals surface area contributed by atoms with Crippen molar-refractivity contribution in [2.24, 2.45) is 0 Å². The van der Waals surface area contributed by atoms with E-state index in [-0.39, 0.29) is 5.91 Å². The maximum atomic E-state index is 12.5. The maximum absolute atomic E-state index is 12.5. The van der Waals surface area contributed by atoms with Crippen LogP contribution in [0.25, 0.3) is 5.69 Å². The monoisotopic (exact) mass is 372 g/mol. The Balaban J connectivity index is 1.71. The van der Waals surface area contributed by atoms with E-state index in [1.165, 1.54) is 27.2 Å². The SMILES string of the molecule is CCOC(=O)N(C)c1ccc(NC(=O)c2sccc2-n2cnnn2)cc1. The van der Waals surface area contributed by atoms with Crippen LogP contribution >= 0.6 is 11.3 Å². The van der Waals surface area contributed by atoms with Crippen LogP contribution in [-0.4, -0.2) is 45.9 Å². The van der Waals surface area contributed by atoms with E-state index in [2.05, 4.69) is 20.8 Å². The fourth-order valence-corrected chi connectivity index (χ4v) is 2.98. The highest BCUT2D eigenvalue weighted by molar-refractivity contribution is 7.12. The molecular weight excluding hydrogens is 356 g/mol. The van der Waals surface area contributed by atoms with E-state index in [9.17, 15) is 9.59 Å². The fourth-order valence-electron chi connectivity index (χ4n) is 2.21. The molecule has 0 saturated heterocycles. The number of thiophene rings is 1. The predicted molar refractivity (Wildman–Crippen MR) is 96.9 cm³/mol. The second kappa shape index (κ2) is 7.74. The van der Waals surface area contributed by atoms with Gasteiger partial charge in [0.05, 0.1) is 12.3 Å². The summed E-state index contributed by atoms with van der Waals surface area (Å²) in [6.07, 6.45) is 0.993. The zero-order valence-electron chi connectivity index (χ0n) is 14.1. The standard InChI is InChI=1S/C16H16N6O3S/c1-3-25-16(24)21(2)12-6-4-11(5-7-12)18-15(23)14-13(8-9-26-14)22-10-17-19-20-22/h4-10H,3H2,1-2H3,(H,18,23). The van der Waals surface area contributed by atoms with Crippen molar-refractivity contribution in [1.82, 2.24) is 20.2 Å². The second-order valence-corrected chi connectivity index (χ2v) is 6.06. The molecule has 10 heteroatoms. The van der Waals surface area contributed by atoms with Gasteiger partial charge in [-0.3, -0.25) is 9.69 Å². The summed E-state index contributed by atoms with van der Waals surface area (Å²) in [6.45, 7) is 2.06. The number of hydrogen-bond donors (Lipinski definition) is 1. The third-order valence-corrected chi connectivity index (χ3v) is 4.40. The van der Waals surface area contributed by atoms with Gasteiger partial charge in [0.25, 0.3) is 5.91 Å². The number of nitrogens with one attached hydrogen (secondary N) is 1. The molecule has 1 aromatic carbocycles. The number of ether oxygens (including phenoxy) is 1. The molecule has 1 N–H and O–H groups in total. The number of carbonyl (C=O) groups is 2. The highest BCUT2D eigenvalue weighted by atomic mass is 32.1. The molecule has 0 bridgehead atoms. The number of benzene rings is 1. The summed E-state index contributed by atoms with van der Waals surface area (Å²) in [4.78, 5) is 26.1. The number of rotatable bonds is 5. The van der Waals surface area contributed by atoms with Gasteiger partial charge in [-0.05, 0) is 53.1 Å². The minimum absolute atomic E-state index is 0.267. The largest absolute Gasteiger partial charge is 0.449 e. The Morgan fingerprint density at radius 1 is 1.27 bits per heavy atom. The van der Waals surface area contributed by atoms with E-state index < -0.39 is 6.09 Å². The van der Waals surface area contributed by atoms with E-state index in [1.54, 1.807) is 49.7 Å². The molecule has 9 nitrogen and oxygen atoms in total. The molecule has 3 aromatic rings. The quantitative estimate of drug-likeness (QED) is 0.738. The van der Waals surface area contributed by atoms with Crippen molar-refractivity contribution in [2.45, 2.75) is 6.92 Å². The number of amides is 2. The molecular formula is C16H16N6O3S. The lowest BCUT2D eigenvalue weighted by Crippen LogP contribution is -2.26. The molecule has 0 saturated carbocycles. The number of anilines is 2. The van der Waals surface area contributed by atoms with Gasteiger partial charge < -0.3 is 10.1 Å². The summed E-state index contributed by atoms with van der Waals surface area (Å²) in [7, 11) is 1.62. The smallest absolute Gasteiger partial charge is 0.413 e. The molecule has 0 atom stereocenters. The van der Waals surface area contributed by atoms with Crippen molar-refractivity contribution in [3.8, 4) is 5.69 Å². The summed E-state index contributed by atoms with van der Waals surface area (Å²) < 4.78 is 6.38. The Morgan fingerprint density at radius 2 is 2.04 bits per heavy atom. The lowest BCUT2D eigenvalue weighted by molar-refractivity contribution is 0.103. The zero-order chi connectivity index (χ0) is 18.5. The highest BCUT2D eigenvalue weighted by Crippen LogP contribution is 2.23. The molecule has 0 aliphatic heterocycles. The number of tetrazole rings is 1. The van der Waals surface area contributed by atoms with Crippen molar-refractivity contribution >= 4 is 34.7 Å². The van der Waals surface area contributed by atoms with Gasteiger partial charge in [-0.1, -0.05) is 0 Å². The summed E-state index contributed by atoms with van der Waals surface area (Å²) in [5.41, 5.74) is 1.87. The Bertz CT molecular complexity index is 891. The van der Waals surface area contributed by atoms with Crippen molar-refractivity contribution < 1.29 is 14.3 Å². The van der Waals surface area contributed by atoms with Crippen LogP contribution in [0.15, 0.2) is 42.0 Å². The van der Waals surface area contributed by atoms with Gasteiger partial charge in [0.2, 0.25) is 0 Å². The van der Waals surface area contributed by atoms with E-state index in [0.717, 1.165) is 0 Å². The van der Waals surface area contributed by atoms with Crippen molar-refractivity contribution in [3.63, 3.8) is 0 Å². The average Bonchev–Trinajstić information content (AvgIpc) is 3.33. The van der Waals surface area contributed by atoms with E-state index in [4.69, 9.17) is 4.74 Å². The van der Waals surface area contributed by atoms with Gasteiger partial charge in [0.1, 0.15) is 11.2 Å². The van der Waals surface area contributed by atoms with Crippen LogP contribution in [0.3, 0.4) is 0 Å². The minimum Gasteiger partial charge on any atom is -0.449 e. The molecule has 134 valence electrons. The van der Waals surface area contributed by atoms with Crippen LogP contribution in [0.1, 0.15) is 16.6 Å². The summed E-state index contributed by atoms with van der Waals surface area (Å²) in [5.74, 6) is -0.267. The van der Waals surface area contributed by atoms with Crippen LogP contribution in [-0.2, 0) is 4.74 Å². The Kier molecular flexibility index (Phi) is 5.23. The van der Waals surface area contributed by atoms with Crippen LogP contribution in [0, 0.1) is 0 Å². The first-order chi connectivity index (χ1) is 12.6. The first kappa shape index (κ1) is 17.5. The summed E-state index contributed by atoms with van der Waals surface area (Å²) in [5, 5.41) is 15.6. The molecule has 2 heterocycles. The molecule has 2 aromatic heterocycles. The minimum atomic E-state index is -0.436. The van der Waals surface area contributed by atoms with E-state index in [1.807, 2.05) is 0 Å². The van der Waals surface area contributed by atoms with E-state index in [0.29, 0.717) is 28.5 Å². The van der Waals surface area contributed by atoms with Crippen molar-refractivity contribution in [1.29, 1.82) is 0 Å². The molecule has 0 radical (unpaired) electrons. The normalized spacial score (nSPS) is 10.4. The first-order valence-corrected chi connectivity index (χ1v) is 8.61. The molecule has 3 rings (SSSR count). The van der Waals surface area contributed by atoms with Gasteiger partial charge in [-0.15, -0.1) is 16.4 Å². The topological polar surface area (TPSA) is 102 Å². The molecule has 0 aliphatic carbocycles. The molecule has 0 fully saturated rings. The first-order valence-electron chi connectivity index (χ1n) is 7.73. The van der Waals surface area contributed by atoms with Crippen LogP contribution in [0.5, 0.6) is 0 Å². The van der Waals surface area contributed by atoms with Gasteiger partial charge in [-0.25, -0.2) is 4.79 Å². The Labute approximate surface area is 153 Å². The number of aromatic nitrogens is 4. The summed E-state index contributed by atoms with van der Waals surface area (Å²) in [6, 6.07) is 8.65. The molecule has 2 amide bonds. The zero-order valence-corrected chi connectivity index (χ0v) is 14.9. The van der Waals surface area contributed by atoms with Gasteiger partial charge in [0.15, 0.2) is 0 Å². The molecule has 26 heavy (non-hydrogen) atoms. The van der Waals surface area contributed by atoms with Crippen molar-refractivity contribution in [2.75, 3.05) is 23.9 Å². The van der Waals surface area contributed by atoms with Crippen LogP contribution in [0.2, 0.25) is 0 Å². The number of hydrogen-bond acceptors (Lipinski definition) is 7. The molecule has 0 spiro atoms. The Morgan fingerprint density at radius 3 is 2.69 bits per heavy atom. The summed E-state index contributed by atoms with van der Waals surface area (Å²) >= 11 is 1.29. The second-order valence-electron chi connectivity index (χ2n) is 5.15.